The molecular weight excluding hydrogens is 304 g/mol. The Labute approximate surface area is 138 Å². The summed E-state index contributed by atoms with van der Waals surface area (Å²) in [4.78, 5) is 2.52. The highest BCUT2D eigenvalue weighted by molar-refractivity contribution is 5.85. The maximum Gasteiger partial charge on any atom is 0.203 e. The summed E-state index contributed by atoms with van der Waals surface area (Å²) < 4.78 is 16.2. The van der Waals surface area contributed by atoms with Crippen molar-refractivity contribution in [2.45, 2.75) is 6.54 Å². The SMILES string of the molecule is COc1cc(CN2C[C@H]3CNC[C@H]3C2)cc(OC)c1OC.Cl. The van der Waals surface area contributed by atoms with Gasteiger partial charge in [-0.2, -0.15) is 0 Å². The van der Waals surface area contributed by atoms with Crippen molar-refractivity contribution < 1.29 is 14.2 Å². The zero-order chi connectivity index (χ0) is 14.8. The Morgan fingerprint density at radius 1 is 1.00 bits per heavy atom. The van der Waals surface area contributed by atoms with Gasteiger partial charge in [-0.1, -0.05) is 0 Å². The minimum absolute atomic E-state index is 0. The Kier molecular flexibility index (Phi) is 5.78. The number of rotatable bonds is 5. The van der Waals surface area contributed by atoms with Crippen LogP contribution in [0.1, 0.15) is 5.56 Å². The number of benzene rings is 1. The van der Waals surface area contributed by atoms with Gasteiger partial charge in [0.25, 0.3) is 0 Å². The average molecular weight is 329 g/mol. The summed E-state index contributed by atoms with van der Waals surface area (Å²) in [7, 11) is 4.95. The van der Waals surface area contributed by atoms with Crippen LogP contribution in [0.2, 0.25) is 0 Å². The van der Waals surface area contributed by atoms with Gasteiger partial charge in [-0.05, 0) is 42.6 Å². The zero-order valence-electron chi connectivity index (χ0n) is 13.4. The van der Waals surface area contributed by atoms with Crippen molar-refractivity contribution in [1.82, 2.24) is 10.2 Å². The molecule has 0 spiro atoms. The Morgan fingerprint density at radius 3 is 2.00 bits per heavy atom. The summed E-state index contributed by atoms with van der Waals surface area (Å²) in [6.45, 7) is 5.61. The summed E-state index contributed by atoms with van der Waals surface area (Å²) in [5.74, 6) is 3.74. The lowest BCUT2D eigenvalue weighted by Gasteiger charge is -2.19. The molecule has 0 aliphatic carbocycles. The standard InChI is InChI=1S/C16H24N2O3.ClH/c1-19-14-4-11(5-15(20-2)16(14)21-3)8-18-9-12-6-17-7-13(12)10-18;/h4-5,12-13,17H,6-10H2,1-3H3;1H/t12-,13+;. The van der Waals surface area contributed by atoms with Gasteiger partial charge in [0.2, 0.25) is 5.75 Å². The summed E-state index contributed by atoms with van der Waals surface area (Å²) in [5.41, 5.74) is 1.21. The van der Waals surface area contributed by atoms with Crippen LogP contribution in [0.5, 0.6) is 17.2 Å². The van der Waals surface area contributed by atoms with Gasteiger partial charge in [0, 0.05) is 19.6 Å². The molecule has 2 aliphatic heterocycles. The summed E-state index contributed by atoms with van der Waals surface area (Å²) in [6, 6.07) is 4.10. The molecule has 1 aromatic carbocycles. The smallest absolute Gasteiger partial charge is 0.203 e. The lowest BCUT2D eigenvalue weighted by atomic mass is 10.0. The van der Waals surface area contributed by atoms with Crippen LogP contribution >= 0.6 is 12.4 Å². The number of methoxy groups -OCH3 is 3. The quantitative estimate of drug-likeness (QED) is 0.892. The van der Waals surface area contributed by atoms with Crippen LogP contribution in [0.3, 0.4) is 0 Å². The van der Waals surface area contributed by atoms with Gasteiger partial charge in [-0.15, -0.1) is 12.4 Å². The molecular formula is C16H25ClN2O3. The van der Waals surface area contributed by atoms with Crippen LogP contribution in [-0.4, -0.2) is 52.4 Å². The molecule has 124 valence electrons. The van der Waals surface area contributed by atoms with Crippen molar-refractivity contribution >= 4 is 12.4 Å². The number of ether oxygens (including phenoxy) is 3. The van der Waals surface area contributed by atoms with Crippen LogP contribution in [0, 0.1) is 11.8 Å². The van der Waals surface area contributed by atoms with Gasteiger partial charge in [-0.3, -0.25) is 4.90 Å². The molecule has 22 heavy (non-hydrogen) atoms. The number of nitrogens with zero attached hydrogens (tertiary/aromatic N) is 1. The van der Waals surface area contributed by atoms with Gasteiger partial charge < -0.3 is 19.5 Å². The first-order valence-corrected chi connectivity index (χ1v) is 7.47. The van der Waals surface area contributed by atoms with Gasteiger partial charge in [0.15, 0.2) is 11.5 Å². The summed E-state index contributed by atoms with van der Waals surface area (Å²) >= 11 is 0. The van der Waals surface area contributed by atoms with Crippen molar-refractivity contribution in [3.8, 4) is 17.2 Å². The number of fused-ring (bicyclic) bond motifs is 1. The number of halogens is 1. The highest BCUT2D eigenvalue weighted by Crippen LogP contribution is 2.39. The van der Waals surface area contributed by atoms with E-state index in [2.05, 4.69) is 10.2 Å². The number of likely N-dealkylation sites (tertiary alicyclic amines) is 1. The maximum atomic E-state index is 5.42. The van der Waals surface area contributed by atoms with E-state index in [0.717, 1.165) is 43.0 Å². The average Bonchev–Trinajstić information content (AvgIpc) is 3.07. The van der Waals surface area contributed by atoms with E-state index in [4.69, 9.17) is 14.2 Å². The monoisotopic (exact) mass is 328 g/mol. The highest BCUT2D eigenvalue weighted by atomic mass is 35.5. The fourth-order valence-corrected chi connectivity index (χ4v) is 3.57. The molecule has 2 heterocycles. The Hall–Kier alpha value is -1.17. The highest BCUT2D eigenvalue weighted by Gasteiger charge is 2.35. The van der Waals surface area contributed by atoms with Crippen molar-refractivity contribution in [2.24, 2.45) is 11.8 Å². The Balaban J connectivity index is 0.00000176. The normalized spacial score (nSPS) is 23.8. The summed E-state index contributed by atoms with van der Waals surface area (Å²) in [6.07, 6.45) is 0. The summed E-state index contributed by atoms with van der Waals surface area (Å²) in [5, 5.41) is 3.48. The van der Waals surface area contributed by atoms with Crippen molar-refractivity contribution in [3.63, 3.8) is 0 Å². The topological polar surface area (TPSA) is 43.0 Å². The first-order valence-electron chi connectivity index (χ1n) is 7.47. The molecule has 1 aromatic rings. The molecule has 0 radical (unpaired) electrons. The van der Waals surface area contributed by atoms with E-state index >= 15 is 0 Å². The number of hydrogen-bond acceptors (Lipinski definition) is 5. The first-order chi connectivity index (χ1) is 10.2. The molecule has 0 aromatic heterocycles. The molecule has 5 nitrogen and oxygen atoms in total. The van der Waals surface area contributed by atoms with Gasteiger partial charge in [0.1, 0.15) is 0 Å². The van der Waals surface area contributed by atoms with Crippen LogP contribution in [0.25, 0.3) is 0 Å². The van der Waals surface area contributed by atoms with E-state index in [1.807, 2.05) is 12.1 Å². The Morgan fingerprint density at radius 2 is 1.55 bits per heavy atom. The molecule has 3 rings (SSSR count). The minimum atomic E-state index is 0. The second-order valence-electron chi connectivity index (χ2n) is 5.91. The van der Waals surface area contributed by atoms with Crippen LogP contribution in [0.4, 0.5) is 0 Å². The third-order valence-electron chi connectivity index (χ3n) is 4.60. The van der Waals surface area contributed by atoms with E-state index in [-0.39, 0.29) is 12.4 Å². The lowest BCUT2D eigenvalue weighted by molar-refractivity contribution is 0.299. The maximum absolute atomic E-state index is 5.42. The second-order valence-corrected chi connectivity index (χ2v) is 5.91. The van der Waals surface area contributed by atoms with Crippen molar-refractivity contribution in [1.29, 1.82) is 0 Å². The molecule has 0 bridgehead atoms. The van der Waals surface area contributed by atoms with Crippen LogP contribution < -0.4 is 19.5 Å². The molecule has 6 heteroatoms. The third-order valence-corrected chi connectivity index (χ3v) is 4.60. The molecule has 0 amide bonds. The van der Waals surface area contributed by atoms with Gasteiger partial charge in [0.05, 0.1) is 21.3 Å². The molecule has 0 unspecified atom stereocenters. The molecule has 0 saturated carbocycles. The zero-order valence-corrected chi connectivity index (χ0v) is 14.2. The molecule has 2 aliphatic rings. The molecule has 1 N–H and O–H groups in total. The van der Waals surface area contributed by atoms with E-state index < -0.39 is 0 Å². The molecule has 2 fully saturated rings. The van der Waals surface area contributed by atoms with Crippen molar-refractivity contribution in [2.75, 3.05) is 47.5 Å². The van der Waals surface area contributed by atoms with Crippen LogP contribution in [-0.2, 0) is 6.54 Å². The van der Waals surface area contributed by atoms with Gasteiger partial charge in [-0.25, -0.2) is 0 Å². The van der Waals surface area contributed by atoms with E-state index in [0.29, 0.717) is 5.75 Å². The fraction of sp³-hybridized carbons (Fsp3) is 0.625. The molecule has 2 atom stereocenters. The Bertz CT molecular complexity index is 475. The molecule has 2 saturated heterocycles. The number of nitrogens with one attached hydrogen (secondary N) is 1. The predicted octanol–water partition coefficient (Wildman–Crippen LogP) is 1.79. The fourth-order valence-electron chi connectivity index (χ4n) is 3.57. The van der Waals surface area contributed by atoms with E-state index in [9.17, 15) is 0 Å². The number of hydrogen-bond donors (Lipinski definition) is 1. The van der Waals surface area contributed by atoms with Gasteiger partial charge >= 0.3 is 0 Å². The van der Waals surface area contributed by atoms with Crippen molar-refractivity contribution in [3.05, 3.63) is 17.7 Å². The minimum Gasteiger partial charge on any atom is -0.493 e. The van der Waals surface area contributed by atoms with E-state index in [1.165, 1.54) is 18.7 Å². The predicted molar refractivity (Wildman–Crippen MR) is 88.5 cm³/mol. The first kappa shape index (κ1) is 17.2. The second kappa shape index (κ2) is 7.40. The van der Waals surface area contributed by atoms with E-state index in [1.54, 1.807) is 21.3 Å². The third kappa shape index (κ3) is 3.26. The lowest BCUT2D eigenvalue weighted by Crippen LogP contribution is -2.25. The van der Waals surface area contributed by atoms with Crippen LogP contribution in [0.15, 0.2) is 12.1 Å². The largest absolute Gasteiger partial charge is 0.493 e.